The van der Waals surface area contributed by atoms with Crippen molar-refractivity contribution >= 4 is 18.3 Å². The van der Waals surface area contributed by atoms with E-state index in [1.165, 1.54) is 6.42 Å². The van der Waals surface area contributed by atoms with Gasteiger partial charge in [-0.2, -0.15) is 0 Å². The van der Waals surface area contributed by atoms with Crippen LogP contribution in [0.25, 0.3) is 0 Å². The van der Waals surface area contributed by atoms with E-state index >= 15 is 0 Å². The van der Waals surface area contributed by atoms with Gasteiger partial charge in [0.25, 0.3) is 5.91 Å². The zero-order valence-corrected chi connectivity index (χ0v) is 12.7. The Morgan fingerprint density at radius 1 is 1.42 bits per heavy atom. The lowest BCUT2D eigenvalue weighted by Gasteiger charge is -2.38. The SMILES string of the molecule is Cc1ccc(C(=O)N2CCCCC2C(C)N)n1C.Cl. The number of aryl methyl sites for hydroxylation is 1. The molecule has 108 valence electrons. The molecule has 5 heteroatoms. The van der Waals surface area contributed by atoms with E-state index in [4.69, 9.17) is 5.73 Å². The summed E-state index contributed by atoms with van der Waals surface area (Å²) in [5.74, 6) is 0.118. The van der Waals surface area contributed by atoms with Gasteiger partial charge in [0.15, 0.2) is 0 Å². The number of rotatable bonds is 2. The van der Waals surface area contributed by atoms with Gasteiger partial charge in [-0.1, -0.05) is 0 Å². The predicted molar refractivity (Wildman–Crippen MR) is 79.7 cm³/mol. The van der Waals surface area contributed by atoms with Gasteiger partial charge in [-0.05, 0) is 45.2 Å². The molecule has 2 N–H and O–H groups in total. The van der Waals surface area contributed by atoms with E-state index in [2.05, 4.69) is 0 Å². The number of halogens is 1. The quantitative estimate of drug-likeness (QED) is 0.905. The lowest BCUT2D eigenvalue weighted by atomic mass is 9.96. The van der Waals surface area contributed by atoms with Crippen molar-refractivity contribution in [2.45, 2.75) is 45.2 Å². The molecule has 1 aromatic rings. The highest BCUT2D eigenvalue weighted by atomic mass is 35.5. The fourth-order valence-electron chi connectivity index (χ4n) is 2.73. The molecular formula is C14H24ClN3O. The summed E-state index contributed by atoms with van der Waals surface area (Å²) in [7, 11) is 1.94. The Morgan fingerprint density at radius 3 is 2.63 bits per heavy atom. The van der Waals surface area contributed by atoms with Crippen molar-refractivity contribution in [3.63, 3.8) is 0 Å². The Kier molecular flexibility index (Phi) is 5.44. The third kappa shape index (κ3) is 3.12. The van der Waals surface area contributed by atoms with Crippen LogP contribution >= 0.6 is 12.4 Å². The van der Waals surface area contributed by atoms with Crippen molar-refractivity contribution in [2.75, 3.05) is 6.54 Å². The first kappa shape index (κ1) is 16.1. The number of hydrogen-bond donors (Lipinski definition) is 1. The predicted octanol–water partition coefficient (Wildman–Crippen LogP) is 2.10. The topological polar surface area (TPSA) is 51.3 Å². The second-order valence-corrected chi connectivity index (χ2v) is 5.34. The summed E-state index contributed by atoms with van der Waals surface area (Å²) in [6.07, 6.45) is 3.27. The van der Waals surface area contributed by atoms with Crippen LogP contribution < -0.4 is 5.73 Å². The van der Waals surface area contributed by atoms with Gasteiger partial charge in [0.1, 0.15) is 5.69 Å². The normalized spacial score (nSPS) is 20.8. The van der Waals surface area contributed by atoms with E-state index in [9.17, 15) is 4.79 Å². The van der Waals surface area contributed by atoms with Crippen molar-refractivity contribution in [1.82, 2.24) is 9.47 Å². The molecule has 1 fully saturated rings. The molecule has 2 unspecified atom stereocenters. The molecule has 1 aromatic heterocycles. The van der Waals surface area contributed by atoms with E-state index in [1.807, 2.05) is 42.5 Å². The number of carbonyl (C=O) groups is 1. The van der Waals surface area contributed by atoms with Crippen molar-refractivity contribution in [2.24, 2.45) is 12.8 Å². The third-order valence-electron chi connectivity index (χ3n) is 4.01. The van der Waals surface area contributed by atoms with E-state index in [0.717, 1.165) is 30.8 Å². The first-order valence-corrected chi connectivity index (χ1v) is 6.71. The number of nitrogens with two attached hydrogens (primary N) is 1. The monoisotopic (exact) mass is 285 g/mol. The van der Waals surface area contributed by atoms with Gasteiger partial charge in [0, 0.05) is 31.4 Å². The maximum Gasteiger partial charge on any atom is 0.270 e. The Balaban J connectivity index is 0.00000180. The van der Waals surface area contributed by atoms with Gasteiger partial charge in [-0.25, -0.2) is 0 Å². The first-order chi connectivity index (χ1) is 8.52. The minimum atomic E-state index is 0. The molecule has 2 rings (SSSR count). The van der Waals surface area contributed by atoms with Gasteiger partial charge < -0.3 is 15.2 Å². The number of aromatic nitrogens is 1. The van der Waals surface area contributed by atoms with Crippen LogP contribution in [0.1, 0.15) is 42.4 Å². The molecule has 0 saturated carbocycles. The Hall–Kier alpha value is -1.00. The minimum absolute atomic E-state index is 0. The third-order valence-corrected chi connectivity index (χ3v) is 4.01. The number of likely N-dealkylation sites (tertiary alicyclic amines) is 1. The molecule has 1 aliphatic rings. The molecule has 0 aromatic carbocycles. The number of nitrogens with zero attached hydrogens (tertiary/aromatic N) is 2. The van der Waals surface area contributed by atoms with Gasteiger partial charge in [0.05, 0.1) is 0 Å². The van der Waals surface area contributed by atoms with E-state index in [1.54, 1.807) is 0 Å². The Bertz CT molecular complexity index is 442. The summed E-state index contributed by atoms with van der Waals surface area (Å²) in [4.78, 5) is 14.6. The van der Waals surface area contributed by atoms with Crippen molar-refractivity contribution in [1.29, 1.82) is 0 Å². The van der Waals surface area contributed by atoms with Crippen molar-refractivity contribution in [3.8, 4) is 0 Å². The van der Waals surface area contributed by atoms with Crippen molar-refractivity contribution < 1.29 is 4.79 Å². The zero-order chi connectivity index (χ0) is 13.3. The molecule has 2 heterocycles. The van der Waals surface area contributed by atoms with Crippen LogP contribution in [0.15, 0.2) is 12.1 Å². The Morgan fingerprint density at radius 2 is 2.11 bits per heavy atom. The van der Waals surface area contributed by atoms with Crippen molar-refractivity contribution in [3.05, 3.63) is 23.5 Å². The highest BCUT2D eigenvalue weighted by Crippen LogP contribution is 2.22. The molecule has 1 saturated heterocycles. The fraction of sp³-hybridized carbons (Fsp3) is 0.643. The number of piperidine rings is 1. The largest absolute Gasteiger partial charge is 0.344 e. The van der Waals surface area contributed by atoms with Crippen LogP contribution in [0.2, 0.25) is 0 Å². The van der Waals surface area contributed by atoms with Gasteiger partial charge in [-0.15, -0.1) is 12.4 Å². The zero-order valence-electron chi connectivity index (χ0n) is 11.9. The highest BCUT2D eigenvalue weighted by molar-refractivity contribution is 5.93. The van der Waals surface area contributed by atoms with Crippen LogP contribution in [0, 0.1) is 6.92 Å². The molecular weight excluding hydrogens is 262 g/mol. The number of hydrogen-bond acceptors (Lipinski definition) is 2. The molecule has 4 nitrogen and oxygen atoms in total. The Labute approximate surface area is 121 Å². The van der Waals surface area contributed by atoms with E-state index < -0.39 is 0 Å². The smallest absolute Gasteiger partial charge is 0.270 e. The first-order valence-electron chi connectivity index (χ1n) is 6.71. The summed E-state index contributed by atoms with van der Waals surface area (Å²) in [6.45, 7) is 4.83. The van der Waals surface area contributed by atoms with E-state index in [-0.39, 0.29) is 30.4 Å². The second-order valence-electron chi connectivity index (χ2n) is 5.34. The number of amides is 1. The second kappa shape index (κ2) is 6.44. The molecule has 0 radical (unpaired) electrons. The average Bonchev–Trinajstić information content (AvgIpc) is 2.69. The van der Waals surface area contributed by atoms with Gasteiger partial charge >= 0.3 is 0 Å². The van der Waals surface area contributed by atoms with Gasteiger partial charge in [0.2, 0.25) is 0 Å². The fourth-order valence-corrected chi connectivity index (χ4v) is 2.73. The molecule has 1 amide bonds. The minimum Gasteiger partial charge on any atom is -0.344 e. The summed E-state index contributed by atoms with van der Waals surface area (Å²) < 4.78 is 1.95. The maximum absolute atomic E-state index is 12.6. The molecule has 2 atom stereocenters. The lowest BCUT2D eigenvalue weighted by Crippen LogP contribution is -2.52. The van der Waals surface area contributed by atoms with Crippen LogP contribution in [0.4, 0.5) is 0 Å². The summed E-state index contributed by atoms with van der Waals surface area (Å²) in [5.41, 5.74) is 7.88. The number of carbonyl (C=O) groups excluding carboxylic acids is 1. The average molecular weight is 286 g/mol. The van der Waals surface area contributed by atoms with Crippen LogP contribution in [0.5, 0.6) is 0 Å². The standard InChI is InChI=1S/C14H23N3O.ClH/c1-10-7-8-13(16(10)3)14(18)17-9-5-4-6-12(17)11(2)15;/h7-8,11-12H,4-6,9,15H2,1-3H3;1H. The van der Waals surface area contributed by atoms with Crippen LogP contribution in [0.3, 0.4) is 0 Å². The summed E-state index contributed by atoms with van der Waals surface area (Å²) in [5, 5.41) is 0. The van der Waals surface area contributed by atoms with E-state index in [0.29, 0.717) is 0 Å². The molecule has 1 aliphatic heterocycles. The molecule has 0 aliphatic carbocycles. The summed E-state index contributed by atoms with van der Waals surface area (Å²) in [6, 6.07) is 4.11. The highest BCUT2D eigenvalue weighted by Gasteiger charge is 2.30. The molecule has 0 bridgehead atoms. The van der Waals surface area contributed by atoms with Gasteiger partial charge in [-0.3, -0.25) is 4.79 Å². The van der Waals surface area contributed by atoms with Crippen LogP contribution in [-0.2, 0) is 7.05 Å². The maximum atomic E-state index is 12.6. The summed E-state index contributed by atoms with van der Waals surface area (Å²) >= 11 is 0. The molecule has 0 spiro atoms. The lowest BCUT2D eigenvalue weighted by molar-refractivity contribution is 0.0574. The van der Waals surface area contributed by atoms with Crippen LogP contribution in [-0.4, -0.2) is 34.0 Å². The molecule has 19 heavy (non-hydrogen) atoms.